The van der Waals surface area contributed by atoms with Gasteiger partial charge in [-0.1, -0.05) is 35.9 Å². The fourth-order valence-corrected chi connectivity index (χ4v) is 2.68. The van der Waals surface area contributed by atoms with Crippen LogP contribution in [0.3, 0.4) is 0 Å². The number of aryl methyl sites for hydroxylation is 1. The first-order valence-corrected chi connectivity index (χ1v) is 7.99. The fraction of sp³-hybridized carbons (Fsp3) is 0.0500. The highest BCUT2D eigenvalue weighted by Crippen LogP contribution is 2.19. The van der Waals surface area contributed by atoms with E-state index in [0.717, 1.165) is 11.4 Å². The first kappa shape index (κ1) is 15.1. The van der Waals surface area contributed by atoms with Gasteiger partial charge in [0.2, 0.25) is 5.43 Å². The van der Waals surface area contributed by atoms with Crippen LogP contribution in [0.15, 0.2) is 83.9 Å². The van der Waals surface area contributed by atoms with Gasteiger partial charge in [-0.3, -0.25) is 4.79 Å². The molecule has 0 aliphatic rings. The van der Waals surface area contributed by atoms with Gasteiger partial charge in [0.25, 0.3) is 0 Å². The molecule has 122 valence electrons. The molecule has 5 nitrogen and oxygen atoms in total. The van der Waals surface area contributed by atoms with Crippen LogP contribution in [0.1, 0.15) is 5.56 Å². The molecule has 0 atom stereocenters. The molecule has 25 heavy (non-hydrogen) atoms. The third kappa shape index (κ3) is 2.87. The van der Waals surface area contributed by atoms with Gasteiger partial charge in [-0.15, -0.1) is 0 Å². The third-order valence-corrected chi connectivity index (χ3v) is 3.99. The van der Waals surface area contributed by atoms with Crippen molar-refractivity contribution in [2.45, 2.75) is 6.92 Å². The lowest BCUT2D eigenvalue weighted by atomic mass is 10.2. The summed E-state index contributed by atoms with van der Waals surface area (Å²) in [7, 11) is 0. The predicted octanol–water partition coefficient (Wildman–Crippen LogP) is 3.39. The van der Waals surface area contributed by atoms with Gasteiger partial charge in [-0.25, -0.2) is 9.36 Å². The first-order valence-electron chi connectivity index (χ1n) is 7.99. The number of nitrogens with zero attached hydrogens (tertiary/aromatic N) is 4. The molecule has 0 amide bonds. The second-order valence-electron chi connectivity index (χ2n) is 5.77. The first-order chi connectivity index (χ1) is 12.2. The van der Waals surface area contributed by atoms with E-state index in [9.17, 15) is 4.79 Å². The topological polar surface area (TPSA) is 52.7 Å². The smallest absolute Gasteiger partial charge is 0.209 e. The van der Waals surface area contributed by atoms with Gasteiger partial charge in [0.05, 0.1) is 23.3 Å². The average Bonchev–Trinajstić information content (AvgIpc) is 3.13. The lowest BCUT2D eigenvalue weighted by Gasteiger charge is -2.09. The standard InChI is InChI=1S/C20H16N4O/c1-15-7-9-17(10-8-15)24-18(11-13-21-24)20-19(25)12-14-23(22-20)16-5-3-2-4-6-16/h2-14H,1H3. The molecule has 5 heteroatoms. The Balaban J connectivity index is 1.85. The lowest BCUT2D eigenvalue weighted by Crippen LogP contribution is -2.14. The molecule has 4 aromatic rings. The normalized spacial score (nSPS) is 10.8. The molecule has 2 heterocycles. The Hall–Kier alpha value is -3.47. The van der Waals surface area contributed by atoms with Crippen molar-refractivity contribution in [3.05, 3.63) is 94.9 Å². The highest BCUT2D eigenvalue weighted by molar-refractivity contribution is 5.57. The Kier molecular flexibility index (Phi) is 3.74. The van der Waals surface area contributed by atoms with Gasteiger partial charge in [0.1, 0.15) is 0 Å². The van der Waals surface area contributed by atoms with Crippen LogP contribution >= 0.6 is 0 Å². The Morgan fingerprint density at radius 1 is 0.840 bits per heavy atom. The van der Waals surface area contributed by atoms with Crippen LogP contribution in [0.5, 0.6) is 0 Å². The molecule has 4 rings (SSSR count). The number of hydrogen-bond acceptors (Lipinski definition) is 3. The molecule has 0 fully saturated rings. The molecule has 2 aromatic heterocycles. The van der Waals surface area contributed by atoms with Crippen LogP contribution in [-0.4, -0.2) is 19.6 Å². The van der Waals surface area contributed by atoms with Gasteiger partial charge in [0.15, 0.2) is 5.69 Å². The van der Waals surface area contributed by atoms with Crippen LogP contribution in [0.2, 0.25) is 0 Å². The SMILES string of the molecule is Cc1ccc(-n2nccc2-c2nn(-c3ccccc3)ccc2=O)cc1. The fourth-order valence-electron chi connectivity index (χ4n) is 2.68. The number of rotatable bonds is 3. The van der Waals surface area contributed by atoms with E-state index < -0.39 is 0 Å². The quantitative estimate of drug-likeness (QED) is 0.579. The van der Waals surface area contributed by atoms with E-state index in [4.69, 9.17) is 0 Å². The van der Waals surface area contributed by atoms with Crippen molar-refractivity contribution in [3.8, 4) is 22.8 Å². The summed E-state index contributed by atoms with van der Waals surface area (Å²) in [6.45, 7) is 2.03. The van der Waals surface area contributed by atoms with Gasteiger partial charge in [-0.2, -0.15) is 10.2 Å². The summed E-state index contributed by atoms with van der Waals surface area (Å²) in [6.07, 6.45) is 3.35. The molecule has 0 unspecified atom stereocenters. The van der Waals surface area contributed by atoms with Gasteiger partial charge in [-0.05, 0) is 37.3 Å². The molecular formula is C20H16N4O. The molecule has 0 spiro atoms. The summed E-state index contributed by atoms with van der Waals surface area (Å²) in [5.74, 6) is 0. The van der Waals surface area contributed by atoms with Crippen LogP contribution < -0.4 is 5.43 Å². The summed E-state index contributed by atoms with van der Waals surface area (Å²) >= 11 is 0. The number of aromatic nitrogens is 4. The van der Waals surface area contributed by atoms with Crippen molar-refractivity contribution in [2.75, 3.05) is 0 Å². The van der Waals surface area contributed by atoms with Crippen LogP contribution in [-0.2, 0) is 0 Å². The predicted molar refractivity (Wildman–Crippen MR) is 97.1 cm³/mol. The minimum absolute atomic E-state index is 0.138. The van der Waals surface area contributed by atoms with E-state index in [1.165, 1.54) is 11.6 Å². The molecular weight excluding hydrogens is 312 g/mol. The average molecular weight is 328 g/mol. The molecule has 0 saturated heterocycles. The van der Waals surface area contributed by atoms with Crippen LogP contribution in [0, 0.1) is 6.92 Å². The Labute approximate surface area is 144 Å². The van der Waals surface area contributed by atoms with Crippen LogP contribution in [0.4, 0.5) is 0 Å². The summed E-state index contributed by atoms with van der Waals surface area (Å²) in [6, 6.07) is 21.0. The summed E-state index contributed by atoms with van der Waals surface area (Å²) in [5.41, 5.74) is 3.85. The van der Waals surface area contributed by atoms with Gasteiger partial charge >= 0.3 is 0 Å². The highest BCUT2D eigenvalue weighted by atomic mass is 16.1. The maximum absolute atomic E-state index is 12.4. The molecule has 0 saturated carbocycles. The van der Waals surface area contributed by atoms with Crippen molar-refractivity contribution in [2.24, 2.45) is 0 Å². The monoisotopic (exact) mass is 328 g/mol. The molecule has 0 aliphatic carbocycles. The lowest BCUT2D eigenvalue weighted by molar-refractivity contribution is 0.823. The summed E-state index contributed by atoms with van der Waals surface area (Å²) in [5, 5.41) is 8.90. The van der Waals surface area contributed by atoms with Gasteiger partial charge < -0.3 is 0 Å². The van der Waals surface area contributed by atoms with Crippen molar-refractivity contribution in [1.29, 1.82) is 0 Å². The molecule has 0 aliphatic heterocycles. The summed E-state index contributed by atoms with van der Waals surface area (Å²) in [4.78, 5) is 12.4. The van der Waals surface area contributed by atoms with Crippen molar-refractivity contribution < 1.29 is 0 Å². The van der Waals surface area contributed by atoms with Crippen LogP contribution in [0.25, 0.3) is 22.8 Å². The van der Waals surface area contributed by atoms with E-state index in [0.29, 0.717) is 11.4 Å². The minimum Gasteiger partial charge on any atom is -0.287 e. The number of benzene rings is 2. The second-order valence-corrected chi connectivity index (χ2v) is 5.77. The number of hydrogen-bond donors (Lipinski definition) is 0. The zero-order chi connectivity index (χ0) is 17.2. The molecule has 0 N–H and O–H groups in total. The Bertz CT molecular complexity index is 1060. The second kappa shape index (κ2) is 6.20. The Morgan fingerprint density at radius 2 is 1.60 bits per heavy atom. The van der Waals surface area contributed by atoms with E-state index >= 15 is 0 Å². The zero-order valence-corrected chi connectivity index (χ0v) is 13.7. The summed E-state index contributed by atoms with van der Waals surface area (Å²) < 4.78 is 3.43. The maximum atomic E-state index is 12.4. The minimum atomic E-state index is -0.138. The third-order valence-electron chi connectivity index (χ3n) is 3.99. The molecule has 0 bridgehead atoms. The van der Waals surface area contributed by atoms with Crippen molar-refractivity contribution in [3.63, 3.8) is 0 Å². The van der Waals surface area contributed by atoms with E-state index in [-0.39, 0.29) is 5.43 Å². The Morgan fingerprint density at radius 3 is 2.36 bits per heavy atom. The zero-order valence-electron chi connectivity index (χ0n) is 13.7. The van der Waals surface area contributed by atoms with Crippen molar-refractivity contribution in [1.82, 2.24) is 19.6 Å². The highest BCUT2D eigenvalue weighted by Gasteiger charge is 2.13. The van der Waals surface area contributed by atoms with Crippen molar-refractivity contribution >= 4 is 0 Å². The van der Waals surface area contributed by atoms with E-state index in [1.807, 2.05) is 61.5 Å². The van der Waals surface area contributed by atoms with E-state index in [2.05, 4.69) is 10.2 Å². The van der Waals surface area contributed by atoms with Gasteiger partial charge in [0, 0.05) is 12.3 Å². The van der Waals surface area contributed by atoms with E-state index in [1.54, 1.807) is 27.8 Å². The molecule has 0 radical (unpaired) electrons. The maximum Gasteiger partial charge on any atom is 0.209 e. The number of para-hydroxylation sites is 1. The largest absolute Gasteiger partial charge is 0.287 e. The molecule has 2 aromatic carbocycles.